The van der Waals surface area contributed by atoms with E-state index >= 15 is 0 Å². The highest BCUT2D eigenvalue weighted by atomic mass is 35.5. The minimum atomic E-state index is -0.115. The third-order valence-electron chi connectivity index (χ3n) is 4.89. The monoisotopic (exact) mass is 397 g/mol. The van der Waals surface area contributed by atoms with E-state index in [-0.39, 0.29) is 18.4 Å². The number of hydrogen-bond acceptors (Lipinski definition) is 4. The lowest BCUT2D eigenvalue weighted by Crippen LogP contribution is -2.50. The lowest BCUT2D eigenvalue weighted by molar-refractivity contribution is -0.117. The van der Waals surface area contributed by atoms with Gasteiger partial charge in [-0.15, -0.1) is 0 Å². The molecule has 2 heterocycles. The molecule has 0 radical (unpaired) electrons. The average molecular weight is 398 g/mol. The Labute approximate surface area is 167 Å². The van der Waals surface area contributed by atoms with Gasteiger partial charge in [0.2, 0.25) is 5.91 Å². The molecule has 0 bridgehead atoms. The second-order valence-corrected chi connectivity index (χ2v) is 7.14. The van der Waals surface area contributed by atoms with Crippen LogP contribution >= 0.6 is 11.6 Å². The number of nitrogens with one attached hydrogen (secondary N) is 2. The van der Waals surface area contributed by atoms with Gasteiger partial charge >= 0.3 is 0 Å². The summed E-state index contributed by atoms with van der Waals surface area (Å²) in [5.41, 5.74) is 2.10. The van der Waals surface area contributed by atoms with Gasteiger partial charge in [-0.3, -0.25) is 19.6 Å². The van der Waals surface area contributed by atoms with Crippen molar-refractivity contribution in [1.29, 1.82) is 0 Å². The molecule has 28 heavy (non-hydrogen) atoms. The van der Waals surface area contributed by atoms with Crippen LogP contribution in [0.15, 0.2) is 48.7 Å². The first-order valence-electron chi connectivity index (χ1n) is 9.10. The number of piperazine rings is 1. The molecule has 2 amide bonds. The molecule has 1 saturated heterocycles. The van der Waals surface area contributed by atoms with Gasteiger partial charge in [-0.1, -0.05) is 29.8 Å². The summed E-state index contributed by atoms with van der Waals surface area (Å²) in [6.45, 7) is 2.70. The van der Waals surface area contributed by atoms with Crippen molar-refractivity contribution >= 4 is 40.0 Å². The Hall–Kier alpha value is -2.90. The molecule has 1 aliphatic rings. The number of nitrogens with zero attached hydrogens (tertiary/aromatic N) is 3. The summed E-state index contributed by atoms with van der Waals surface area (Å²) in [4.78, 5) is 29.0. The predicted octanol–water partition coefficient (Wildman–Crippen LogP) is 2.61. The third kappa shape index (κ3) is 3.85. The molecule has 1 aromatic heterocycles. The minimum Gasteiger partial charge on any atom is -0.336 e. The maximum Gasteiger partial charge on any atom is 0.254 e. The SMILES string of the molecule is O=C(CN1CCN(C(=O)c2cccc3[nH]ncc23)CC1)Nc1ccccc1Cl. The Kier molecular flexibility index (Phi) is 5.27. The van der Waals surface area contributed by atoms with E-state index in [0.717, 1.165) is 10.9 Å². The summed E-state index contributed by atoms with van der Waals surface area (Å²) in [7, 11) is 0. The van der Waals surface area contributed by atoms with Gasteiger partial charge in [0, 0.05) is 31.6 Å². The maximum absolute atomic E-state index is 12.9. The van der Waals surface area contributed by atoms with Gasteiger partial charge in [0.1, 0.15) is 0 Å². The summed E-state index contributed by atoms with van der Waals surface area (Å²) < 4.78 is 0. The Morgan fingerprint density at radius 3 is 2.64 bits per heavy atom. The highest BCUT2D eigenvalue weighted by molar-refractivity contribution is 6.33. The summed E-state index contributed by atoms with van der Waals surface area (Å²) in [6, 6.07) is 12.7. The molecule has 0 aliphatic carbocycles. The van der Waals surface area contributed by atoms with Crippen molar-refractivity contribution in [2.24, 2.45) is 0 Å². The fourth-order valence-corrected chi connectivity index (χ4v) is 3.57. The zero-order valence-corrected chi connectivity index (χ0v) is 15.9. The summed E-state index contributed by atoms with van der Waals surface area (Å²) in [5.74, 6) is -0.122. The second kappa shape index (κ2) is 8.00. The van der Waals surface area contributed by atoms with Crippen molar-refractivity contribution in [3.63, 3.8) is 0 Å². The largest absolute Gasteiger partial charge is 0.336 e. The number of H-pyrrole nitrogens is 1. The lowest BCUT2D eigenvalue weighted by atomic mass is 10.1. The first kappa shape index (κ1) is 18.5. The zero-order valence-electron chi connectivity index (χ0n) is 15.2. The van der Waals surface area contributed by atoms with E-state index in [2.05, 4.69) is 15.5 Å². The summed E-state index contributed by atoms with van der Waals surface area (Å²) in [5, 5.41) is 11.1. The van der Waals surface area contributed by atoms with Gasteiger partial charge in [-0.2, -0.15) is 5.10 Å². The van der Waals surface area contributed by atoms with Crippen molar-refractivity contribution < 1.29 is 9.59 Å². The van der Waals surface area contributed by atoms with Crippen molar-refractivity contribution in [3.05, 3.63) is 59.2 Å². The Balaban J connectivity index is 1.33. The normalized spacial score (nSPS) is 15.0. The Morgan fingerprint density at radius 2 is 1.86 bits per heavy atom. The quantitative estimate of drug-likeness (QED) is 0.709. The van der Waals surface area contributed by atoms with E-state index in [1.807, 2.05) is 40.1 Å². The number of amides is 2. The van der Waals surface area contributed by atoms with E-state index < -0.39 is 0 Å². The molecule has 1 fully saturated rings. The van der Waals surface area contributed by atoms with Crippen LogP contribution in [0.5, 0.6) is 0 Å². The average Bonchev–Trinajstić information content (AvgIpc) is 3.19. The van der Waals surface area contributed by atoms with Crippen LogP contribution in [-0.2, 0) is 4.79 Å². The number of halogens is 1. The van der Waals surface area contributed by atoms with Gasteiger partial charge in [0.25, 0.3) is 5.91 Å². The van der Waals surface area contributed by atoms with E-state index in [1.165, 1.54) is 0 Å². The third-order valence-corrected chi connectivity index (χ3v) is 5.22. The number of fused-ring (bicyclic) bond motifs is 1. The second-order valence-electron chi connectivity index (χ2n) is 6.73. The number of aromatic amines is 1. The standard InChI is InChI=1S/C20H20ClN5O2/c21-16-5-1-2-6-18(16)23-19(27)13-25-8-10-26(11-9-25)20(28)14-4-3-7-17-15(14)12-22-24-17/h1-7,12H,8-11,13H2,(H,22,24)(H,23,27). The molecule has 2 N–H and O–H groups in total. The van der Waals surface area contributed by atoms with Crippen molar-refractivity contribution in [3.8, 4) is 0 Å². The van der Waals surface area contributed by atoms with Crippen LogP contribution in [0.1, 0.15) is 10.4 Å². The van der Waals surface area contributed by atoms with Crippen molar-refractivity contribution in [1.82, 2.24) is 20.0 Å². The van der Waals surface area contributed by atoms with Crippen molar-refractivity contribution in [2.75, 3.05) is 38.0 Å². The smallest absolute Gasteiger partial charge is 0.254 e. The number of para-hydroxylation sites is 1. The van der Waals surface area contributed by atoms with E-state index in [9.17, 15) is 9.59 Å². The summed E-state index contributed by atoms with van der Waals surface area (Å²) in [6.07, 6.45) is 1.68. The van der Waals surface area contributed by atoms with E-state index in [4.69, 9.17) is 11.6 Å². The van der Waals surface area contributed by atoms with Crippen LogP contribution < -0.4 is 5.32 Å². The number of anilines is 1. The van der Waals surface area contributed by atoms with Crippen LogP contribution in [0.2, 0.25) is 5.02 Å². The van der Waals surface area contributed by atoms with Crippen LogP contribution in [0.25, 0.3) is 10.9 Å². The topological polar surface area (TPSA) is 81.3 Å². The molecule has 144 valence electrons. The molecule has 0 atom stereocenters. The molecular weight excluding hydrogens is 378 g/mol. The number of benzene rings is 2. The molecule has 0 saturated carbocycles. The molecule has 2 aromatic carbocycles. The molecule has 0 spiro atoms. The summed E-state index contributed by atoms with van der Waals surface area (Å²) >= 11 is 6.08. The number of rotatable bonds is 4. The minimum absolute atomic E-state index is 0.00725. The molecule has 3 aromatic rings. The number of carbonyl (C=O) groups is 2. The first-order chi connectivity index (χ1) is 13.6. The van der Waals surface area contributed by atoms with Crippen LogP contribution in [-0.4, -0.2) is 64.5 Å². The first-order valence-corrected chi connectivity index (χ1v) is 9.48. The van der Waals surface area contributed by atoms with Gasteiger partial charge in [0.15, 0.2) is 0 Å². The van der Waals surface area contributed by atoms with E-state index in [1.54, 1.807) is 18.3 Å². The van der Waals surface area contributed by atoms with Crippen LogP contribution in [0, 0.1) is 0 Å². The van der Waals surface area contributed by atoms with Crippen LogP contribution in [0.4, 0.5) is 5.69 Å². The number of carbonyl (C=O) groups excluding carboxylic acids is 2. The van der Waals surface area contributed by atoms with Gasteiger partial charge in [0.05, 0.1) is 34.5 Å². The molecule has 7 nitrogen and oxygen atoms in total. The molecule has 0 unspecified atom stereocenters. The highest BCUT2D eigenvalue weighted by Gasteiger charge is 2.24. The number of hydrogen-bond donors (Lipinski definition) is 2. The molecule has 8 heteroatoms. The zero-order chi connectivity index (χ0) is 19.5. The van der Waals surface area contributed by atoms with Gasteiger partial charge in [-0.25, -0.2) is 0 Å². The van der Waals surface area contributed by atoms with Crippen molar-refractivity contribution in [2.45, 2.75) is 0 Å². The van der Waals surface area contributed by atoms with Gasteiger partial charge in [-0.05, 0) is 24.3 Å². The molecular formula is C20H20ClN5O2. The number of aromatic nitrogens is 2. The van der Waals surface area contributed by atoms with E-state index in [0.29, 0.717) is 42.5 Å². The maximum atomic E-state index is 12.9. The molecule has 1 aliphatic heterocycles. The predicted molar refractivity (Wildman–Crippen MR) is 109 cm³/mol. The fourth-order valence-electron chi connectivity index (χ4n) is 3.39. The fraction of sp³-hybridized carbons (Fsp3) is 0.250. The Morgan fingerprint density at radius 1 is 1.07 bits per heavy atom. The highest BCUT2D eigenvalue weighted by Crippen LogP contribution is 2.21. The Bertz CT molecular complexity index is 1010. The van der Waals surface area contributed by atoms with Crippen LogP contribution in [0.3, 0.4) is 0 Å². The molecule has 4 rings (SSSR count). The lowest BCUT2D eigenvalue weighted by Gasteiger charge is -2.34. The van der Waals surface area contributed by atoms with Gasteiger partial charge < -0.3 is 10.2 Å².